The van der Waals surface area contributed by atoms with Crippen LogP contribution in [-0.4, -0.2) is 97.4 Å². The largest absolute Gasteiger partial charge is 0.494 e. The predicted octanol–water partition coefficient (Wildman–Crippen LogP) is 16.5. The maximum absolute atomic E-state index is 15.8. The Morgan fingerprint density at radius 1 is 0.505 bits per heavy atom. The monoisotopic (exact) mass is 1580 g/mol. The van der Waals surface area contributed by atoms with Gasteiger partial charge >= 0.3 is 37.2 Å². The molecule has 2 aliphatic heterocycles. The molecule has 2 saturated heterocycles. The second-order valence-electron chi connectivity index (χ2n) is 22.2. The molecule has 10 aromatic rings. The van der Waals surface area contributed by atoms with Gasteiger partial charge in [-0.1, -0.05) is 63.4 Å². The lowest BCUT2D eigenvalue weighted by Gasteiger charge is -2.36. The fraction of sp³-hybridized carbons (Fsp3) is 0.243. The summed E-state index contributed by atoms with van der Waals surface area (Å²) in [5.41, 5.74) is -9.35. The minimum Gasteiger partial charge on any atom is -0.494 e. The van der Waals surface area contributed by atoms with Crippen LogP contribution in [-0.2, 0) is 50.6 Å². The zero-order chi connectivity index (χ0) is 74.2. The van der Waals surface area contributed by atoms with Gasteiger partial charge in [0, 0.05) is 69.1 Å². The van der Waals surface area contributed by atoms with Crippen LogP contribution in [0.1, 0.15) is 55.5 Å². The number of aliphatic hydroxyl groups is 1. The highest BCUT2D eigenvalue weighted by Gasteiger charge is 2.69. The molecule has 14 nitrogen and oxygen atoms in total. The van der Waals surface area contributed by atoms with Crippen molar-refractivity contribution < 1.29 is 118 Å². The first-order valence-electron chi connectivity index (χ1n) is 29.6. The fourth-order valence-corrected chi connectivity index (χ4v) is 10.2. The number of aromatic nitrogens is 6. The van der Waals surface area contributed by atoms with Gasteiger partial charge < -0.3 is 38.8 Å². The molecule has 0 amide bonds. The van der Waals surface area contributed by atoms with E-state index in [1.54, 1.807) is 24.3 Å². The SMILES string of the molecule is C.C.CCOc1ccc(B(O)O)cc1.Fc1ccc(C2(C(F)(F)c3ccc(-c4ccc(OCC(F)(F)F)cc4)cn3)CO2)c(F)c1.Fc1ccc(C2(C(F)(F)c3ccc(Br)cn3)CO2)c(F)c1.OC(Cn1cncn1)(c1ccc(F)cc1F)C(F)(F)c1ccc(-c2ccc(OCC(F)(F)F)cc2)cn1.P. The molecule has 0 saturated carbocycles. The highest BCUT2D eigenvalue weighted by atomic mass is 79.9. The van der Waals surface area contributed by atoms with Gasteiger partial charge in [0.1, 0.15) is 81.9 Å². The van der Waals surface area contributed by atoms with E-state index in [1.165, 1.54) is 72.9 Å². The van der Waals surface area contributed by atoms with Crippen LogP contribution in [0.25, 0.3) is 22.3 Å². The normalized spacial score (nSPS) is 15.9. The Hall–Kier alpha value is -9.18. The quantitative estimate of drug-likeness (QED) is 0.0284. The molecule has 0 aliphatic carbocycles. The first-order chi connectivity index (χ1) is 48.0. The molecule has 6 aromatic carbocycles. The van der Waals surface area contributed by atoms with Crippen molar-refractivity contribution in [3.63, 3.8) is 0 Å². The summed E-state index contributed by atoms with van der Waals surface area (Å²) in [6.07, 6.45) is -3.45. The van der Waals surface area contributed by atoms with Crippen LogP contribution in [0, 0.1) is 34.9 Å². The zero-order valence-corrected chi connectivity index (χ0v) is 55.8. The van der Waals surface area contributed by atoms with Crippen LogP contribution < -0.4 is 19.7 Å². The van der Waals surface area contributed by atoms with Crippen molar-refractivity contribution in [2.75, 3.05) is 33.0 Å². The van der Waals surface area contributed by atoms with E-state index in [0.29, 0.717) is 63.1 Å². The Bertz CT molecular complexity index is 4440. The Labute approximate surface area is 599 Å². The summed E-state index contributed by atoms with van der Waals surface area (Å²) < 4.78 is 272. The van der Waals surface area contributed by atoms with Crippen LogP contribution in [0.5, 0.6) is 17.2 Å². The summed E-state index contributed by atoms with van der Waals surface area (Å²) in [7, 11) is -1.40. The minimum absolute atomic E-state index is 0. The number of hydrogen-bond donors (Lipinski definition) is 3. The molecule has 0 bridgehead atoms. The van der Waals surface area contributed by atoms with Crippen LogP contribution in [0.2, 0.25) is 0 Å². The molecule has 560 valence electrons. The number of hydrogen-bond acceptors (Lipinski definition) is 13. The molecule has 0 spiro atoms. The van der Waals surface area contributed by atoms with Crippen LogP contribution in [0.4, 0.5) is 79.0 Å². The average Bonchev–Trinajstić information content (AvgIpc) is 1.61. The standard InChI is InChI=1S/C24H17F7N4O2.C22H14F7NO2.C14H8BrF4NO.C8H11BO3.2CH4.H3P/c25-17-4-7-19(20(26)9-17)22(36,11-35-14-32-13-34-35)24(30,31)21-8-3-16(10-33-21)15-1-5-18(6-2-15)37-12-23(27,28)29;23-15-4-7-17(18(24)9-15)20(11-32-20)22(28,29)19-8-3-14(10-30-19)13-1-5-16(6-2-13)31-12-21(25,26)27;15-8-1-4-12(20-6-8)14(18,19)13(7-21-13)10-3-2-9(16)5-11(10)17;1-2-12-8-5-3-7(4-6-8)9(10)11;;;/h1-10,13-14,36H,11-12H2;1-10H,11-12H2;1-6H,7H2;3-6,10-11H,2H2,1H3;2*1H4;1H3. The molecule has 105 heavy (non-hydrogen) atoms. The summed E-state index contributed by atoms with van der Waals surface area (Å²) in [6, 6.07) is 31.3. The number of ether oxygens (including phenoxy) is 5. The number of nitrogens with zero attached hydrogens (tertiary/aromatic N) is 6. The number of rotatable bonds is 20. The van der Waals surface area contributed by atoms with Crippen molar-refractivity contribution in [2.24, 2.45) is 0 Å². The molecule has 2 aliphatic rings. The van der Waals surface area contributed by atoms with E-state index in [0.717, 1.165) is 84.0 Å². The van der Waals surface area contributed by atoms with E-state index in [-0.39, 0.29) is 48.4 Å². The van der Waals surface area contributed by atoms with E-state index in [4.69, 9.17) is 24.3 Å². The summed E-state index contributed by atoms with van der Waals surface area (Å²) in [5.74, 6) is -17.1. The van der Waals surface area contributed by atoms with E-state index < -0.39 is 144 Å². The molecule has 4 unspecified atom stereocenters. The van der Waals surface area contributed by atoms with Crippen LogP contribution in [0.15, 0.2) is 200 Å². The molecule has 12 rings (SSSR count). The lowest BCUT2D eigenvalue weighted by Crippen LogP contribution is -2.48. The van der Waals surface area contributed by atoms with Gasteiger partial charge in [-0.05, 0) is 137 Å². The first-order valence-corrected chi connectivity index (χ1v) is 30.4. The highest BCUT2D eigenvalue weighted by Crippen LogP contribution is 2.58. The Kier molecular flexibility index (Phi) is 27.8. The molecule has 0 radical (unpaired) electrons. The van der Waals surface area contributed by atoms with Gasteiger partial charge in [-0.3, -0.25) is 15.0 Å². The molecular formula is C70H61BBrF18N6O8P. The van der Waals surface area contributed by atoms with Crippen LogP contribution >= 0.6 is 25.8 Å². The Morgan fingerprint density at radius 3 is 1.25 bits per heavy atom. The molecule has 4 atom stereocenters. The number of benzene rings is 6. The molecule has 2 fully saturated rings. The van der Waals surface area contributed by atoms with Gasteiger partial charge in [-0.15, -0.1) is 0 Å². The van der Waals surface area contributed by atoms with Crippen molar-refractivity contribution in [2.45, 2.75) is 75.2 Å². The summed E-state index contributed by atoms with van der Waals surface area (Å²) in [4.78, 5) is 14.8. The van der Waals surface area contributed by atoms with Crippen molar-refractivity contribution in [3.05, 3.63) is 268 Å². The summed E-state index contributed by atoms with van der Waals surface area (Å²) in [5, 5.41) is 32.4. The van der Waals surface area contributed by atoms with Crippen molar-refractivity contribution in [1.29, 1.82) is 0 Å². The van der Waals surface area contributed by atoms with E-state index in [1.807, 2.05) is 6.92 Å². The smallest absolute Gasteiger partial charge is 0.488 e. The Balaban J connectivity index is 0.000000231. The van der Waals surface area contributed by atoms with Gasteiger partial charge in [-0.25, -0.2) is 36.0 Å². The number of halogens is 19. The fourth-order valence-electron chi connectivity index (χ4n) is 9.93. The van der Waals surface area contributed by atoms with Gasteiger partial charge in [-0.2, -0.15) is 67.7 Å². The predicted molar refractivity (Wildman–Crippen MR) is 356 cm³/mol. The second-order valence-corrected chi connectivity index (χ2v) is 23.2. The maximum atomic E-state index is 15.8. The third-order valence-corrected chi connectivity index (χ3v) is 15.7. The van der Waals surface area contributed by atoms with Gasteiger partial charge in [0.2, 0.25) is 0 Å². The number of pyridine rings is 3. The van der Waals surface area contributed by atoms with Gasteiger partial charge in [0.25, 0.3) is 0 Å². The third kappa shape index (κ3) is 20.1. The topological polar surface area (TPSA) is 183 Å². The molecule has 3 N–H and O–H groups in total. The van der Waals surface area contributed by atoms with Gasteiger partial charge in [0.15, 0.2) is 30.0 Å². The summed E-state index contributed by atoms with van der Waals surface area (Å²) in [6.45, 7) is -2.16. The number of alkyl halides is 12. The molecular weight excluding hydrogens is 1520 g/mol. The molecule has 4 aromatic heterocycles. The van der Waals surface area contributed by atoms with Gasteiger partial charge in [0.05, 0.1) is 26.4 Å². The van der Waals surface area contributed by atoms with Crippen molar-refractivity contribution >= 4 is 38.4 Å². The number of epoxide rings is 2. The lowest BCUT2D eigenvalue weighted by molar-refractivity contribution is -0.207. The first kappa shape index (κ1) is 84.8. The second kappa shape index (κ2) is 34.4. The minimum atomic E-state index is -4.50. The van der Waals surface area contributed by atoms with E-state index in [9.17, 15) is 66.6 Å². The maximum Gasteiger partial charge on any atom is 0.488 e. The third-order valence-electron chi connectivity index (χ3n) is 15.3. The highest BCUT2D eigenvalue weighted by molar-refractivity contribution is 9.10. The zero-order valence-electron chi connectivity index (χ0n) is 52.7. The molecule has 6 heterocycles. The van der Waals surface area contributed by atoms with Crippen molar-refractivity contribution in [1.82, 2.24) is 29.7 Å². The van der Waals surface area contributed by atoms with E-state index >= 15 is 17.6 Å². The van der Waals surface area contributed by atoms with E-state index in [2.05, 4.69) is 50.4 Å². The van der Waals surface area contributed by atoms with Crippen molar-refractivity contribution in [3.8, 4) is 39.5 Å². The Morgan fingerprint density at radius 2 is 0.895 bits per heavy atom. The lowest BCUT2D eigenvalue weighted by atomic mass is 9.80. The van der Waals surface area contributed by atoms with Crippen LogP contribution in [0.3, 0.4) is 0 Å². The summed E-state index contributed by atoms with van der Waals surface area (Å²) >= 11 is 3.10. The molecule has 35 heteroatoms. The average molecular weight is 1580 g/mol.